The van der Waals surface area contributed by atoms with Gasteiger partial charge in [-0.05, 0) is 63.9 Å². The molecule has 2 fully saturated rings. The van der Waals surface area contributed by atoms with Crippen molar-refractivity contribution in [1.82, 2.24) is 0 Å². The largest absolute Gasteiger partial charge is 0.299 e. The van der Waals surface area contributed by atoms with Crippen LogP contribution in [0.1, 0.15) is 0 Å². The number of rotatable bonds is 3. The third-order valence-electron chi connectivity index (χ3n) is 1.83. The zero-order valence-electron chi connectivity index (χ0n) is 9.34. The van der Waals surface area contributed by atoms with Crippen molar-refractivity contribution in [3.05, 3.63) is 88.0 Å². The smallest absolute Gasteiger partial charge is 0.142 e. The molecule has 0 saturated heterocycles. The maximum atomic E-state index is 9.85. The van der Waals surface area contributed by atoms with Crippen LogP contribution in [-0.4, -0.2) is 6.29 Å². The van der Waals surface area contributed by atoms with Crippen molar-refractivity contribution in [3.63, 3.8) is 0 Å². The van der Waals surface area contributed by atoms with Crippen molar-refractivity contribution < 1.29 is 21.9 Å². The van der Waals surface area contributed by atoms with Gasteiger partial charge in [-0.1, -0.05) is 18.2 Å². The van der Waals surface area contributed by atoms with Gasteiger partial charge in [-0.3, -0.25) is 4.79 Å². The number of aldehydes is 1. The fourth-order valence-electron chi connectivity index (χ4n) is 1.10. The third-order valence-corrected chi connectivity index (χ3v) is 1.83. The minimum atomic E-state index is 0. The first-order valence-corrected chi connectivity index (χ1v) is 5.10. The quantitative estimate of drug-likeness (QED) is 0.332. The Bertz CT molecular complexity index is 215. The summed E-state index contributed by atoms with van der Waals surface area (Å²) < 4.78 is 0. The van der Waals surface area contributed by atoms with E-state index < -0.39 is 0 Å². The van der Waals surface area contributed by atoms with Gasteiger partial charge in [0.2, 0.25) is 0 Å². The predicted octanol–water partition coefficient (Wildman–Crippen LogP) is 2.72. The Hall–Kier alpha value is -0.331. The molecule has 0 aromatic heterocycles. The second kappa shape index (κ2) is 12.1. The van der Waals surface area contributed by atoms with Crippen LogP contribution in [-0.2, 0) is 21.9 Å². The van der Waals surface area contributed by atoms with Crippen LogP contribution >= 0.6 is 0 Å². The van der Waals surface area contributed by atoms with Crippen molar-refractivity contribution >= 4 is 6.29 Å². The van der Waals surface area contributed by atoms with E-state index in [9.17, 15) is 4.79 Å². The topological polar surface area (TPSA) is 17.1 Å². The van der Waals surface area contributed by atoms with Crippen LogP contribution in [0.3, 0.4) is 0 Å². The molecule has 1 nitrogen and oxygen atoms in total. The van der Waals surface area contributed by atoms with Crippen LogP contribution < -0.4 is 0 Å². The maximum Gasteiger partial charge on any atom is 0.142 e. The molecule has 0 spiro atoms. The van der Waals surface area contributed by atoms with Gasteiger partial charge in [0.15, 0.2) is 0 Å². The first-order chi connectivity index (χ1) is 7.93. The molecule has 2 saturated carbocycles. The van der Waals surface area contributed by atoms with Crippen LogP contribution in [0.5, 0.6) is 0 Å². The monoisotopic (exact) mass is 266 g/mol. The predicted molar refractivity (Wildman–Crippen MR) is 66.3 cm³/mol. The summed E-state index contributed by atoms with van der Waals surface area (Å²) in [6, 6.07) is 0. The molecule has 0 amide bonds. The molecule has 0 unspecified atom stereocenters. The van der Waals surface area contributed by atoms with Gasteiger partial charge in [0.1, 0.15) is 6.29 Å². The molecule has 2 aliphatic rings. The van der Waals surface area contributed by atoms with Crippen molar-refractivity contribution in [2.24, 2.45) is 0 Å². The van der Waals surface area contributed by atoms with E-state index in [0.29, 0.717) is 0 Å². The third kappa shape index (κ3) is 9.38. The summed E-state index contributed by atoms with van der Waals surface area (Å²) in [5.41, 5.74) is 0. The van der Waals surface area contributed by atoms with Gasteiger partial charge >= 0.3 is 0 Å². The van der Waals surface area contributed by atoms with E-state index >= 15 is 0 Å². The van der Waals surface area contributed by atoms with Gasteiger partial charge < -0.3 is 0 Å². The molecule has 17 heavy (non-hydrogen) atoms. The molecule has 0 aromatic carbocycles. The number of allylic oxidation sites excluding steroid dienone is 4. The van der Waals surface area contributed by atoms with Gasteiger partial charge in [-0.25, -0.2) is 0 Å². The first kappa shape index (κ1) is 16.7. The molecule has 0 bridgehead atoms. The van der Waals surface area contributed by atoms with Crippen LogP contribution in [0.25, 0.3) is 0 Å². The van der Waals surface area contributed by atoms with Crippen molar-refractivity contribution in [2.75, 3.05) is 0 Å². The van der Waals surface area contributed by atoms with E-state index in [-0.39, 0.29) is 17.1 Å². The Morgan fingerprint density at radius 3 is 1.71 bits per heavy atom. The van der Waals surface area contributed by atoms with E-state index in [2.05, 4.69) is 0 Å². The fraction of sp³-hybridized carbons (Fsp3) is 0. The van der Waals surface area contributed by atoms with E-state index in [0.717, 1.165) is 12.2 Å². The van der Waals surface area contributed by atoms with Crippen LogP contribution in [0.4, 0.5) is 0 Å². The van der Waals surface area contributed by atoms with Crippen LogP contribution in [0.2, 0.25) is 0 Å². The molecule has 88 valence electrons. The summed E-state index contributed by atoms with van der Waals surface area (Å²) >= 11 is 0. The summed E-state index contributed by atoms with van der Waals surface area (Å²) in [4.78, 5) is 9.85. The second-order valence-corrected chi connectivity index (χ2v) is 3.06. The Kier molecular flexibility index (Phi) is 11.9. The van der Waals surface area contributed by atoms with Crippen molar-refractivity contribution in [1.29, 1.82) is 0 Å². The van der Waals surface area contributed by atoms with Crippen molar-refractivity contribution in [2.45, 2.75) is 0 Å². The van der Waals surface area contributed by atoms with E-state index in [1.165, 1.54) is 6.08 Å². The van der Waals surface area contributed by atoms with Gasteiger partial charge in [0.05, 0.1) is 0 Å². The molecule has 2 rings (SSSR count). The first-order valence-electron chi connectivity index (χ1n) is 5.10. The van der Waals surface area contributed by atoms with E-state index in [1.807, 2.05) is 69.9 Å². The number of hydrogen-bond donors (Lipinski definition) is 0. The number of carbonyl (C=O) groups excluding carboxylic acids is 1. The van der Waals surface area contributed by atoms with Crippen molar-refractivity contribution in [3.8, 4) is 0 Å². The Morgan fingerprint density at radius 2 is 1.24 bits per heavy atom. The summed E-state index contributed by atoms with van der Waals surface area (Å²) in [7, 11) is 0. The van der Waals surface area contributed by atoms with Gasteiger partial charge in [0.25, 0.3) is 0 Å². The minimum Gasteiger partial charge on any atom is -0.299 e. The summed E-state index contributed by atoms with van der Waals surface area (Å²) in [6.07, 6.45) is 25.7. The molecular formula is C15H14FeO. The standard InChI is InChI=1S/C10H9O.C5H5.Fe/c11-9-5-1-2-6-10-7-3-4-8-10;1-2-4-5-3-1;/h1-9H;1-5H;/b5-1+,6-2+;;. The Balaban J connectivity index is 0.000000360. The summed E-state index contributed by atoms with van der Waals surface area (Å²) in [5, 5.41) is 0. The average Bonchev–Trinajstić information content (AvgIpc) is 2.99. The molecule has 0 aromatic rings. The molecular weight excluding hydrogens is 252 g/mol. The van der Waals surface area contributed by atoms with Gasteiger partial charge in [0, 0.05) is 23.0 Å². The molecule has 2 heteroatoms. The minimum absolute atomic E-state index is 0. The molecule has 10 radical (unpaired) electrons. The normalized spacial score (nSPS) is 20.2. The average molecular weight is 266 g/mol. The Labute approximate surface area is 116 Å². The van der Waals surface area contributed by atoms with Gasteiger partial charge in [-0.2, -0.15) is 0 Å². The Morgan fingerprint density at radius 1 is 0.706 bits per heavy atom. The molecule has 0 heterocycles. The molecule has 0 aliphatic heterocycles. The molecule has 0 N–H and O–H groups in total. The molecule has 0 atom stereocenters. The maximum absolute atomic E-state index is 9.85. The summed E-state index contributed by atoms with van der Waals surface area (Å²) in [6.45, 7) is 0. The zero-order valence-corrected chi connectivity index (χ0v) is 10.4. The zero-order chi connectivity index (χ0) is 11.5. The fourth-order valence-corrected chi connectivity index (χ4v) is 1.10. The summed E-state index contributed by atoms with van der Waals surface area (Å²) in [5.74, 6) is 1.15. The molecule has 2 aliphatic carbocycles. The van der Waals surface area contributed by atoms with Gasteiger partial charge in [-0.15, -0.1) is 0 Å². The SMILES string of the molecule is O=C/C=C/C=C/[C]1[CH][CH][CH][CH]1.[CH]1[CH][CH][CH][CH]1.[Fe]. The van der Waals surface area contributed by atoms with Crippen LogP contribution in [0, 0.1) is 63.7 Å². The van der Waals surface area contributed by atoms with Crippen LogP contribution in [0.15, 0.2) is 24.3 Å². The van der Waals surface area contributed by atoms with E-state index in [1.54, 1.807) is 6.08 Å². The number of hydrogen-bond acceptors (Lipinski definition) is 1. The van der Waals surface area contributed by atoms with E-state index in [4.69, 9.17) is 0 Å². The second-order valence-electron chi connectivity index (χ2n) is 3.06. The number of carbonyl (C=O) groups is 1.